The van der Waals surface area contributed by atoms with Crippen molar-refractivity contribution in [2.24, 2.45) is 11.8 Å². The molecule has 1 heterocycles. The van der Waals surface area contributed by atoms with Crippen molar-refractivity contribution in [2.45, 2.75) is 86.5 Å². The molecule has 0 atom stereocenters. The molecule has 200 valence electrons. The summed E-state index contributed by atoms with van der Waals surface area (Å²) in [6, 6.07) is 0. The van der Waals surface area contributed by atoms with Gasteiger partial charge >= 0.3 is 0 Å². The number of aliphatic hydroxyl groups excluding tert-OH is 1. The molecular formula is C29H56N2O3. The topological polar surface area (TPSA) is 61.8 Å². The molecule has 2 N–H and O–H groups in total. The monoisotopic (exact) mass is 480 g/mol. The van der Waals surface area contributed by atoms with E-state index in [1.54, 1.807) is 7.11 Å². The molecule has 1 aliphatic carbocycles. The summed E-state index contributed by atoms with van der Waals surface area (Å²) in [4.78, 5) is 14.2. The minimum Gasteiger partial charge on any atom is -0.400 e. The van der Waals surface area contributed by atoms with Gasteiger partial charge in [0.05, 0.1) is 0 Å². The Morgan fingerprint density at radius 1 is 1.09 bits per heavy atom. The fourth-order valence-electron chi connectivity index (χ4n) is 3.93. The van der Waals surface area contributed by atoms with E-state index in [0.717, 1.165) is 39.6 Å². The average Bonchev–Trinajstić information content (AvgIpc) is 2.85. The van der Waals surface area contributed by atoms with E-state index < -0.39 is 0 Å². The number of rotatable bonds is 9. The molecule has 0 aromatic carbocycles. The van der Waals surface area contributed by atoms with Crippen LogP contribution in [-0.4, -0.2) is 62.9 Å². The molecule has 0 spiro atoms. The Balaban J connectivity index is 0. The number of nitrogens with zero attached hydrogens (tertiary/aromatic N) is 1. The van der Waals surface area contributed by atoms with Gasteiger partial charge in [-0.2, -0.15) is 0 Å². The van der Waals surface area contributed by atoms with Crippen LogP contribution in [0, 0.1) is 11.8 Å². The van der Waals surface area contributed by atoms with Crippen molar-refractivity contribution < 1.29 is 14.6 Å². The normalized spacial score (nSPS) is 17.4. The number of hydrogen-bond acceptors (Lipinski definition) is 4. The predicted octanol–water partition coefficient (Wildman–Crippen LogP) is 6.15. The third-order valence-corrected chi connectivity index (χ3v) is 6.60. The van der Waals surface area contributed by atoms with Crippen LogP contribution in [0.3, 0.4) is 0 Å². The Morgan fingerprint density at radius 2 is 1.68 bits per heavy atom. The van der Waals surface area contributed by atoms with Gasteiger partial charge in [0, 0.05) is 52.8 Å². The SMILES string of the molecule is C=C/C(C)=C(C)\C(C)=C/C.CCCOC.CCN1CC(CNC(=O)CC2CCCCC2)C1.CO. The Kier molecular flexibility index (Phi) is 23.8. The fourth-order valence-corrected chi connectivity index (χ4v) is 3.93. The van der Waals surface area contributed by atoms with E-state index in [0.29, 0.717) is 11.8 Å². The molecule has 0 unspecified atom stereocenters. The maximum Gasteiger partial charge on any atom is 0.220 e. The molecule has 0 aromatic heterocycles. The van der Waals surface area contributed by atoms with Gasteiger partial charge in [-0.1, -0.05) is 57.4 Å². The molecule has 34 heavy (non-hydrogen) atoms. The highest BCUT2D eigenvalue weighted by Crippen LogP contribution is 2.26. The maximum absolute atomic E-state index is 11.8. The second-order valence-corrected chi connectivity index (χ2v) is 9.21. The van der Waals surface area contributed by atoms with Crippen LogP contribution < -0.4 is 5.32 Å². The van der Waals surface area contributed by atoms with Crippen molar-refractivity contribution in [1.82, 2.24) is 10.2 Å². The number of hydrogen-bond donors (Lipinski definition) is 2. The Bertz CT molecular complexity index is 570. The molecule has 1 aliphatic heterocycles. The highest BCUT2D eigenvalue weighted by Gasteiger charge is 2.25. The fraction of sp³-hybridized carbons (Fsp3) is 0.759. The molecule has 1 saturated carbocycles. The summed E-state index contributed by atoms with van der Waals surface area (Å²) in [5.41, 5.74) is 3.92. The highest BCUT2D eigenvalue weighted by atomic mass is 16.5. The lowest BCUT2D eigenvalue weighted by Gasteiger charge is -2.38. The summed E-state index contributed by atoms with van der Waals surface area (Å²) < 4.78 is 4.69. The molecular weight excluding hydrogens is 424 g/mol. The van der Waals surface area contributed by atoms with Crippen molar-refractivity contribution >= 4 is 5.91 Å². The summed E-state index contributed by atoms with van der Waals surface area (Å²) >= 11 is 0. The molecule has 2 rings (SSSR count). The van der Waals surface area contributed by atoms with Gasteiger partial charge in [0.2, 0.25) is 5.91 Å². The van der Waals surface area contributed by atoms with Crippen molar-refractivity contribution in [3.05, 3.63) is 35.5 Å². The van der Waals surface area contributed by atoms with Gasteiger partial charge in [-0.15, -0.1) is 0 Å². The molecule has 5 nitrogen and oxygen atoms in total. The quantitative estimate of drug-likeness (QED) is 0.389. The number of ether oxygens (including phenoxy) is 1. The lowest BCUT2D eigenvalue weighted by atomic mass is 9.87. The first-order chi connectivity index (χ1) is 16.3. The summed E-state index contributed by atoms with van der Waals surface area (Å²) in [6.07, 6.45) is 12.4. The molecule has 0 aromatic rings. The number of likely N-dealkylation sites (tertiary alicyclic amines) is 1. The zero-order chi connectivity index (χ0) is 26.4. The molecule has 1 amide bonds. The van der Waals surface area contributed by atoms with Crippen molar-refractivity contribution in [3.8, 4) is 0 Å². The summed E-state index contributed by atoms with van der Waals surface area (Å²) in [7, 11) is 2.71. The Morgan fingerprint density at radius 3 is 2.09 bits per heavy atom. The number of allylic oxidation sites excluding steroid dienone is 5. The number of amides is 1. The lowest BCUT2D eigenvalue weighted by molar-refractivity contribution is -0.122. The number of aliphatic hydroxyl groups is 1. The van der Waals surface area contributed by atoms with Crippen LogP contribution in [0.25, 0.3) is 0 Å². The van der Waals surface area contributed by atoms with Crippen LogP contribution in [0.2, 0.25) is 0 Å². The van der Waals surface area contributed by atoms with Gasteiger partial charge in [-0.25, -0.2) is 0 Å². The minimum absolute atomic E-state index is 0.284. The first kappa shape index (κ1) is 34.7. The second-order valence-electron chi connectivity index (χ2n) is 9.21. The predicted molar refractivity (Wildman–Crippen MR) is 148 cm³/mol. The van der Waals surface area contributed by atoms with Gasteiger partial charge in [-0.3, -0.25) is 4.79 Å². The van der Waals surface area contributed by atoms with E-state index in [9.17, 15) is 4.79 Å². The van der Waals surface area contributed by atoms with Crippen LogP contribution in [-0.2, 0) is 9.53 Å². The van der Waals surface area contributed by atoms with E-state index in [4.69, 9.17) is 9.84 Å². The number of methoxy groups -OCH3 is 1. The minimum atomic E-state index is 0.284. The van der Waals surface area contributed by atoms with Gasteiger partial charge in [0.1, 0.15) is 0 Å². The second kappa shape index (κ2) is 23.3. The molecule has 0 bridgehead atoms. The van der Waals surface area contributed by atoms with E-state index in [-0.39, 0.29) is 5.91 Å². The first-order valence-corrected chi connectivity index (χ1v) is 13.2. The van der Waals surface area contributed by atoms with E-state index in [2.05, 4.69) is 64.4 Å². The van der Waals surface area contributed by atoms with Crippen molar-refractivity contribution in [2.75, 3.05) is 47.0 Å². The van der Waals surface area contributed by atoms with Crippen LogP contribution >= 0.6 is 0 Å². The third kappa shape index (κ3) is 17.1. The van der Waals surface area contributed by atoms with Crippen molar-refractivity contribution in [1.29, 1.82) is 0 Å². The third-order valence-electron chi connectivity index (χ3n) is 6.60. The largest absolute Gasteiger partial charge is 0.400 e. The lowest BCUT2D eigenvalue weighted by Crippen LogP contribution is -2.51. The molecule has 2 fully saturated rings. The zero-order valence-corrected chi connectivity index (χ0v) is 23.7. The van der Waals surface area contributed by atoms with Gasteiger partial charge in [0.25, 0.3) is 0 Å². The first-order valence-electron chi connectivity index (χ1n) is 13.2. The van der Waals surface area contributed by atoms with Crippen molar-refractivity contribution in [3.63, 3.8) is 0 Å². The summed E-state index contributed by atoms with van der Waals surface area (Å²) in [5.74, 6) is 1.65. The van der Waals surface area contributed by atoms with E-state index in [1.807, 2.05) is 6.08 Å². The van der Waals surface area contributed by atoms with Crippen LogP contribution in [0.5, 0.6) is 0 Å². The van der Waals surface area contributed by atoms with Crippen LogP contribution in [0.1, 0.15) is 86.5 Å². The summed E-state index contributed by atoms with van der Waals surface area (Å²) in [6.45, 7) is 21.6. The standard InChI is InChI=1S/C14H26N2O.C10H16.C4H10O.CH4O/c1-2-16-10-13(11-16)9-15-14(17)8-12-6-4-3-5-7-12;1-6-8(3)10(5)9(4)7-2;1-3-4-5-2;1-2/h12-13H,2-11H2,1H3,(H,15,17);6-7H,1H2,2-5H3;3-4H2,1-2H3;2H,1H3/b;9-7-,10-8-;;. The van der Waals surface area contributed by atoms with E-state index >= 15 is 0 Å². The molecule has 2 aliphatic rings. The molecule has 1 saturated heterocycles. The van der Waals surface area contributed by atoms with Gasteiger partial charge in [0.15, 0.2) is 0 Å². The highest BCUT2D eigenvalue weighted by molar-refractivity contribution is 5.76. The van der Waals surface area contributed by atoms with Gasteiger partial charge in [-0.05, 0) is 70.6 Å². The maximum atomic E-state index is 11.8. The zero-order valence-electron chi connectivity index (χ0n) is 23.7. The van der Waals surface area contributed by atoms with Crippen LogP contribution in [0.4, 0.5) is 0 Å². The Labute approximate surface area is 211 Å². The van der Waals surface area contributed by atoms with Gasteiger partial charge < -0.3 is 20.1 Å². The molecule has 0 radical (unpaired) electrons. The average molecular weight is 481 g/mol. The summed E-state index contributed by atoms with van der Waals surface area (Å²) in [5, 5.41) is 10.1. The smallest absolute Gasteiger partial charge is 0.220 e. The number of carbonyl (C=O) groups excluding carboxylic acids is 1. The number of carbonyl (C=O) groups is 1. The Hall–Kier alpha value is -1.43. The van der Waals surface area contributed by atoms with E-state index in [1.165, 1.54) is 61.9 Å². The number of nitrogens with one attached hydrogen (secondary N) is 1. The van der Waals surface area contributed by atoms with Crippen LogP contribution in [0.15, 0.2) is 35.5 Å². The molecule has 5 heteroatoms.